The van der Waals surface area contributed by atoms with Crippen molar-refractivity contribution in [3.05, 3.63) is 35.4 Å². The summed E-state index contributed by atoms with van der Waals surface area (Å²) in [6, 6.07) is 8.68. The largest absolute Gasteiger partial charge is 0.444 e. The molecule has 8 heteroatoms. The number of carbonyl (C=O) groups is 1. The SMILES string of the molecule is CCNC(=NCCc1ccc(C)cc1)N1CCC(OCCCNC(=O)OC(C)(C)C)CC1.I. The minimum Gasteiger partial charge on any atom is -0.444 e. The Hall–Kier alpha value is -1.55. The van der Waals surface area contributed by atoms with Crippen LogP contribution in [0.1, 0.15) is 58.1 Å². The van der Waals surface area contributed by atoms with Crippen LogP contribution in [-0.2, 0) is 15.9 Å². The zero-order chi connectivity index (χ0) is 23.4. The van der Waals surface area contributed by atoms with Gasteiger partial charge in [-0.2, -0.15) is 0 Å². The molecule has 33 heavy (non-hydrogen) atoms. The number of hydrogen-bond acceptors (Lipinski definition) is 4. The van der Waals surface area contributed by atoms with Crippen LogP contribution in [0.3, 0.4) is 0 Å². The lowest BCUT2D eigenvalue weighted by atomic mass is 10.1. The summed E-state index contributed by atoms with van der Waals surface area (Å²) < 4.78 is 11.3. The molecule has 1 aromatic carbocycles. The number of aryl methyl sites for hydroxylation is 1. The molecule has 7 nitrogen and oxygen atoms in total. The summed E-state index contributed by atoms with van der Waals surface area (Å²) in [5.74, 6) is 1.000. The van der Waals surface area contributed by atoms with E-state index in [1.807, 2.05) is 20.8 Å². The van der Waals surface area contributed by atoms with Crippen LogP contribution in [0, 0.1) is 6.92 Å². The van der Waals surface area contributed by atoms with E-state index in [4.69, 9.17) is 14.5 Å². The van der Waals surface area contributed by atoms with Crippen molar-refractivity contribution in [2.45, 2.75) is 72.0 Å². The topological polar surface area (TPSA) is 75.2 Å². The Labute approximate surface area is 217 Å². The van der Waals surface area contributed by atoms with Gasteiger partial charge in [0.15, 0.2) is 5.96 Å². The summed E-state index contributed by atoms with van der Waals surface area (Å²) >= 11 is 0. The molecule has 188 valence electrons. The maximum atomic E-state index is 11.6. The summed E-state index contributed by atoms with van der Waals surface area (Å²) in [5.41, 5.74) is 2.14. The second-order valence-corrected chi connectivity index (χ2v) is 9.31. The first-order chi connectivity index (χ1) is 15.3. The van der Waals surface area contributed by atoms with Crippen LogP contribution < -0.4 is 10.6 Å². The highest BCUT2D eigenvalue weighted by Gasteiger charge is 2.22. The van der Waals surface area contributed by atoms with E-state index < -0.39 is 5.60 Å². The van der Waals surface area contributed by atoms with Crippen molar-refractivity contribution in [1.29, 1.82) is 0 Å². The van der Waals surface area contributed by atoms with Gasteiger partial charge in [0.1, 0.15) is 5.60 Å². The molecule has 0 aliphatic carbocycles. The average Bonchev–Trinajstić information content (AvgIpc) is 2.73. The zero-order valence-corrected chi connectivity index (χ0v) is 23.3. The van der Waals surface area contributed by atoms with Crippen molar-refractivity contribution in [3.63, 3.8) is 0 Å². The van der Waals surface area contributed by atoms with E-state index >= 15 is 0 Å². The zero-order valence-electron chi connectivity index (χ0n) is 21.0. The molecule has 1 aliphatic heterocycles. The third kappa shape index (κ3) is 12.5. The highest BCUT2D eigenvalue weighted by atomic mass is 127. The Balaban J connectivity index is 0.00000544. The molecule has 0 bridgehead atoms. The molecule has 0 unspecified atom stereocenters. The lowest BCUT2D eigenvalue weighted by molar-refractivity contribution is 0.0170. The lowest BCUT2D eigenvalue weighted by Gasteiger charge is -2.34. The summed E-state index contributed by atoms with van der Waals surface area (Å²) in [6.07, 6.45) is 3.60. The number of nitrogens with one attached hydrogen (secondary N) is 2. The molecule has 1 aromatic rings. The molecule has 2 N–H and O–H groups in total. The molecule has 0 spiro atoms. The van der Waals surface area contributed by atoms with E-state index in [0.717, 1.165) is 57.8 Å². The van der Waals surface area contributed by atoms with Gasteiger partial charge in [-0.15, -0.1) is 24.0 Å². The molecule has 0 radical (unpaired) electrons. The van der Waals surface area contributed by atoms with Crippen LogP contribution >= 0.6 is 24.0 Å². The minimum atomic E-state index is -0.468. The number of ether oxygens (including phenoxy) is 2. The van der Waals surface area contributed by atoms with Gasteiger partial charge in [-0.05, 0) is 65.9 Å². The second-order valence-electron chi connectivity index (χ2n) is 9.31. The standard InChI is InChI=1S/C25H42N4O3.HI/c1-6-26-23(27-16-12-21-10-8-20(2)9-11-21)29-17-13-22(14-18-29)31-19-7-15-28-24(30)32-25(3,4)5;/h8-11,22H,6-7,12-19H2,1-5H3,(H,26,27)(H,28,30);1H. The quantitative estimate of drug-likeness (QED) is 0.197. The van der Waals surface area contributed by atoms with Crippen LogP contribution in [-0.4, -0.2) is 68.0 Å². The van der Waals surface area contributed by atoms with Crippen molar-refractivity contribution in [2.75, 3.05) is 39.3 Å². The number of nitrogens with zero attached hydrogens (tertiary/aromatic N) is 2. The van der Waals surface area contributed by atoms with Crippen molar-refractivity contribution in [2.24, 2.45) is 4.99 Å². The molecule has 1 saturated heterocycles. The van der Waals surface area contributed by atoms with Crippen molar-refractivity contribution in [1.82, 2.24) is 15.5 Å². The van der Waals surface area contributed by atoms with Crippen LogP contribution in [0.15, 0.2) is 29.3 Å². The number of guanidine groups is 1. The first kappa shape index (κ1) is 29.5. The summed E-state index contributed by atoms with van der Waals surface area (Å²) in [4.78, 5) is 18.8. The number of piperidine rings is 1. The second kappa shape index (κ2) is 15.4. The third-order valence-corrected chi connectivity index (χ3v) is 5.20. The van der Waals surface area contributed by atoms with E-state index in [0.29, 0.717) is 13.2 Å². The number of alkyl carbamates (subject to hydrolysis) is 1. The van der Waals surface area contributed by atoms with Crippen molar-refractivity contribution < 1.29 is 14.3 Å². The van der Waals surface area contributed by atoms with Gasteiger partial charge >= 0.3 is 6.09 Å². The van der Waals surface area contributed by atoms with Gasteiger partial charge in [0.25, 0.3) is 0 Å². The van der Waals surface area contributed by atoms with Crippen molar-refractivity contribution in [3.8, 4) is 0 Å². The number of hydrogen-bond donors (Lipinski definition) is 2. The number of halogens is 1. The van der Waals surface area contributed by atoms with Gasteiger partial charge in [-0.25, -0.2) is 4.79 Å². The summed E-state index contributed by atoms with van der Waals surface area (Å²) in [7, 11) is 0. The third-order valence-electron chi connectivity index (χ3n) is 5.20. The maximum Gasteiger partial charge on any atom is 0.407 e. The number of aliphatic imine (C=N–C) groups is 1. The number of likely N-dealkylation sites (tertiary alicyclic amines) is 1. The van der Waals surface area contributed by atoms with Crippen molar-refractivity contribution >= 4 is 36.0 Å². The Morgan fingerprint density at radius 1 is 1.15 bits per heavy atom. The van der Waals surface area contributed by atoms with E-state index in [2.05, 4.69) is 53.6 Å². The average molecular weight is 575 g/mol. The highest BCUT2D eigenvalue weighted by Crippen LogP contribution is 2.14. The molecular weight excluding hydrogens is 531 g/mol. The normalized spacial score (nSPS) is 15.1. The Morgan fingerprint density at radius 3 is 2.42 bits per heavy atom. The molecule has 1 aliphatic rings. The number of amides is 1. The molecule has 0 saturated carbocycles. The maximum absolute atomic E-state index is 11.6. The Kier molecular flexibility index (Phi) is 13.7. The highest BCUT2D eigenvalue weighted by molar-refractivity contribution is 14.0. The number of benzene rings is 1. The number of carbonyl (C=O) groups excluding carboxylic acids is 1. The van der Waals surface area contributed by atoms with E-state index in [9.17, 15) is 4.79 Å². The Bertz CT molecular complexity index is 711. The minimum absolute atomic E-state index is 0. The smallest absolute Gasteiger partial charge is 0.407 e. The van der Waals surface area contributed by atoms with Gasteiger partial charge in [0.2, 0.25) is 0 Å². The molecule has 1 amide bonds. The van der Waals surface area contributed by atoms with Gasteiger partial charge in [0, 0.05) is 39.3 Å². The molecule has 0 aromatic heterocycles. The van der Waals surface area contributed by atoms with Crippen LogP contribution in [0.25, 0.3) is 0 Å². The monoisotopic (exact) mass is 574 g/mol. The van der Waals surface area contributed by atoms with Gasteiger partial charge in [-0.1, -0.05) is 29.8 Å². The van der Waals surface area contributed by atoms with Crippen LogP contribution in [0.4, 0.5) is 4.79 Å². The molecule has 2 rings (SSSR count). The first-order valence-corrected chi connectivity index (χ1v) is 11.9. The fraction of sp³-hybridized carbons (Fsp3) is 0.680. The van der Waals surface area contributed by atoms with E-state index in [1.165, 1.54) is 11.1 Å². The van der Waals surface area contributed by atoms with Crippen LogP contribution in [0.5, 0.6) is 0 Å². The summed E-state index contributed by atoms with van der Waals surface area (Å²) in [6.45, 7) is 14.5. The van der Waals surface area contributed by atoms with Crippen LogP contribution in [0.2, 0.25) is 0 Å². The fourth-order valence-corrected chi connectivity index (χ4v) is 3.53. The lowest BCUT2D eigenvalue weighted by Crippen LogP contribution is -2.47. The predicted octanol–water partition coefficient (Wildman–Crippen LogP) is 4.52. The van der Waals surface area contributed by atoms with Gasteiger partial charge in [0.05, 0.1) is 6.10 Å². The number of rotatable bonds is 9. The first-order valence-electron chi connectivity index (χ1n) is 11.9. The van der Waals surface area contributed by atoms with Gasteiger partial charge in [-0.3, -0.25) is 4.99 Å². The Morgan fingerprint density at radius 2 is 1.82 bits per heavy atom. The summed E-state index contributed by atoms with van der Waals surface area (Å²) in [5, 5.41) is 6.21. The fourth-order valence-electron chi connectivity index (χ4n) is 3.53. The molecule has 0 atom stereocenters. The molecule has 1 heterocycles. The molecule has 1 fully saturated rings. The van der Waals surface area contributed by atoms with E-state index in [-0.39, 0.29) is 36.2 Å². The van der Waals surface area contributed by atoms with Gasteiger partial charge < -0.3 is 25.0 Å². The molecular formula is C25H43IN4O3. The van der Waals surface area contributed by atoms with E-state index in [1.54, 1.807) is 0 Å². The predicted molar refractivity (Wildman–Crippen MR) is 146 cm³/mol.